The van der Waals surface area contributed by atoms with E-state index < -0.39 is 12.1 Å². The largest absolute Gasteiger partial charge is 0.373 e. The number of nitrogens with one attached hydrogen (secondary N) is 1. The summed E-state index contributed by atoms with van der Waals surface area (Å²) < 4.78 is 0. The van der Waals surface area contributed by atoms with Crippen molar-refractivity contribution in [1.29, 1.82) is 0 Å². The molecule has 5 heteroatoms. The third-order valence-corrected chi connectivity index (χ3v) is 6.51. The molecule has 4 nitrogen and oxygen atoms in total. The maximum absolute atomic E-state index is 12.2. The zero-order valence-corrected chi connectivity index (χ0v) is 16.9. The molecule has 1 N–H and O–H groups in total. The number of rotatable bonds is 5. The summed E-state index contributed by atoms with van der Waals surface area (Å²) in [5.41, 5.74) is 4.09. The van der Waals surface area contributed by atoms with E-state index in [-0.39, 0.29) is 10.2 Å². The van der Waals surface area contributed by atoms with Crippen LogP contribution in [-0.4, -0.2) is 17.0 Å². The molecule has 1 aliphatic heterocycles. The fraction of sp³-hybridized carbons (Fsp3) is 0.167. The first-order chi connectivity index (χ1) is 14.1. The highest BCUT2D eigenvalue weighted by atomic mass is 32.2. The zero-order valence-electron chi connectivity index (χ0n) is 16.1. The van der Waals surface area contributed by atoms with E-state index in [4.69, 9.17) is 0 Å². The Balaban J connectivity index is 1.77. The number of nitrogens with zero attached hydrogens (tertiary/aromatic N) is 1. The minimum Gasteiger partial charge on any atom is -0.373 e. The van der Waals surface area contributed by atoms with E-state index in [0.717, 1.165) is 27.3 Å². The lowest BCUT2D eigenvalue weighted by molar-refractivity contribution is -0.523. The molecule has 0 fully saturated rings. The monoisotopic (exact) mass is 402 g/mol. The van der Waals surface area contributed by atoms with Crippen molar-refractivity contribution >= 4 is 22.4 Å². The Hall–Kier alpha value is -3.05. The molecule has 3 aromatic carbocycles. The van der Waals surface area contributed by atoms with Crippen LogP contribution in [0.3, 0.4) is 0 Å². The van der Waals surface area contributed by atoms with Crippen LogP contribution < -0.4 is 5.32 Å². The molecular weight excluding hydrogens is 380 g/mol. The molecule has 1 aliphatic rings. The molecule has 0 spiro atoms. The molecular formula is C24H22N2O2S. The third kappa shape index (κ3) is 4.35. The second-order valence-electron chi connectivity index (χ2n) is 7.16. The van der Waals surface area contributed by atoms with Crippen LogP contribution in [0.5, 0.6) is 0 Å². The average Bonchev–Trinajstić information content (AvgIpc) is 2.76. The second-order valence-corrected chi connectivity index (χ2v) is 8.34. The van der Waals surface area contributed by atoms with Crippen molar-refractivity contribution in [2.24, 2.45) is 0 Å². The van der Waals surface area contributed by atoms with Crippen molar-refractivity contribution in [3.63, 3.8) is 0 Å². The lowest BCUT2D eigenvalue weighted by Gasteiger charge is -2.32. The van der Waals surface area contributed by atoms with Crippen LogP contribution in [0.4, 0.5) is 5.69 Å². The molecule has 0 radical (unpaired) electrons. The Morgan fingerprint density at radius 2 is 1.52 bits per heavy atom. The van der Waals surface area contributed by atoms with Crippen LogP contribution in [0, 0.1) is 17.0 Å². The van der Waals surface area contributed by atoms with Gasteiger partial charge >= 0.3 is 0 Å². The number of hydrogen-bond donors (Lipinski definition) is 1. The molecule has 3 aromatic rings. The maximum atomic E-state index is 12.2. The highest BCUT2D eigenvalue weighted by molar-refractivity contribution is 8.08. The van der Waals surface area contributed by atoms with E-state index in [9.17, 15) is 10.1 Å². The number of anilines is 1. The maximum Gasteiger partial charge on any atom is 0.252 e. The fourth-order valence-corrected chi connectivity index (χ4v) is 5.05. The van der Waals surface area contributed by atoms with Gasteiger partial charge in [0.2, 0.25) is 0 Å². The SMILES string of the molecule is Cc1ccc(N[C@H]2C=C(c3ccccc3)S[C@H](c3ccccc3)[C@H]2[N+](=O)[O-])cc1. The first kappa shape index (κ1) is 19.3. The summed E-state index contributed by atoms with van der Waals surface area (Å²) in [7, 11) is 0. The molecule has 146 valence electrons. The number of thioether (sulfide) groups is 1. The van der Waals surface area contributed by atoms with Gasteiger partial charge in [0, 0.05) is 15.5 Å². The van der Waals surface area contributed by atoms with Crippen LogP contribution >= 0.6 is 11.8 Å². The van der Waals surface area contributed by atoms with Gasteiger partial charge in [-0.2, -0.15) is 0 Å². The number of benzene rings is 3. The minimum atomic E-state index is -0.781. The lowest BCUT2D eigenvalue weighted by Crippen LogP contribution is -2.43. The van der Waals surface area contributed by atoms with E-state index in [1.807, 2.05) is 85.8 Å². The number of nitro groups is 1. The van der Waals surface area contributed by atoms with Gasteiger partial charge in [-0.05, 0) is 36.3 Å². The van der Waals surface area contributed by atoms with Crippen molar-refractivity contribution < 1.29 is 4.92 Å². The smallest absolute Gasteiger partial charge is 0.252 e. The van der Waals surface area contributed by atoms with Crippen LogP contribution in [0.2, 0.25) is 0 Å². The molecule has 0 aromatic heterocycles. The average molecular weight is 403 g/mol. The first-order valence-corrected chi connectivity index (χ1v) is 10.5. The van der Waals surface area contributed by atoms with Gasteiger partial charge in [0.15, 0.2) is 0 Å². The van der Waals surface area contributed by atoms with E-state index in [0.29, 0.717) is 0 Å². The Kier molecular flexibility index (Phi) is 5.67. The molecule has 0 saturated carbocycles. The summed E-state index contributed by atoms with van der Waals surface area (Å²) in [6, 6.07) is 26.6. The fourth-order valence-electron chi connectivity index (χ4n) is 3.58. The molecule has 4 rings (SSSR count). The number of aryl methyl sites for hydroxylation is 1. The second kappa shape index (κ2) is 8.53. The summed E-state index contributed by atoms with van der Waals surface area (Å²) in [5, 5.41) is 15.3. The molecule has 0 bridgehead atoms. The highest BCUT2D eigenvalue weighted by Crippen LogP contribution is 2.47. The summed E-state index contributed by atoms with van der Waals surface area (Å²) in [6.07, 6.45) is 2.01. The van der Waals surface area contributed by atoms with Crippen molar-refractivity contribution in [2.45, 2.75) is 24.3 Å². The van der Waals surface area contributed by atoms with Gasteiger partial charge in [-0.25, -0.2) is 0 Å². The van der Waals surface area contributed by atoms with Crippen molar-refractivity contribution in [3.8, 4) is 0 Å². The van der Waals surface area contributed by atoms with Gasteiger partial charge in [-0.15, -0.1) is 11.8 Å². The molecule has 0 amide bonds. The van der Waals surface area contributed by atoms with Gasteiger partial charge in [0.05, 0.1) is 0 Å². The molecule has 0 saturated heterocycles. The van der Waals surface area contributed by atoms with E-state index in [1.54, 1.807) is 11.8 Å². The zero-order chi connectivity index (χ0) is 20.2. The van der Waals surface area contributed by atoms with E-state index >= 15 is 0 Å². The van der Waals surface area contributed by atoms with Crippen LogP contribution in [-0.2, 0) is 0 Å². The molecule has 0 aliphatic carbocycles. The van der Waals surface area contributed by atoms with Crippen LogP contribution in [0.25, 0.3) is 4.91 Å². The molecule has 3 atom stereocenters. The van der Waals surface area contributed by atoms with Gasteiger partial charge in [-0.1, -0.05) is 78.4 Å². The lowest BCUT2D eigenvalue weighted by atomic mass is 9.97. The van der Waals surface area contributed by atoms with Crippen molar-refractivity contribution in [3.05, 3.63) is 118 Å². The van der Waals surface area contributed by atoms with E-state index in [2.05, 4.69) is 17.4 Å². The molecule has 0 unspecified atom stereocenters. The predicted molar refractivity (Wildman–Crippen MR) is 121 cm³/mol. The predicted octanol–water partition coefficient (Wildman–Crippen LogP) is 5.95. The third-order valence-electron chi connectivity index (χ3n) is 5.08. The standard InChI is InChI=1S/C24H22N2O2S/c1-17-12-14-20(15-13-17)25-21-16-22(18-8-4-2-5-9-18)29-24(23(21)26(27)28)19-10-6-3-7-11-19/h2-16,21,23-25H,1H3/t21-,23-,24+/m0/s1. The van der Waals surface area contributed by atoms with Gasteiger partial charge < -0.3 is 5.32 Å². The van der Waals surface area contributed by atoms with Gasteiger partial charge in [-0.3, -0.25) is 10.1 Å². The Morgan fingerprint density at radius 1 is 0.897 bits per heavy atom. The number of hydrogen-bond acceptors (Lipinski definition) is 4. The van der Waals surface area contributed by atoms with Gasteiger partial charge in [0.25, 0.3) is 6.04 Å². The van der Waals surface area contributed by atoms with Crippen LogP contribution in [0.15, 0.2) is 91.0 Å². The van der Waals surface area contributed by atoms with Crippen molar-refractivity contribution in [1.82, 2.24) is 0 Å². The van der Waals surface area contributed by atoms with E-state index in [1.165, 1.54) is 0 Å². The summed E-state index contributed by atoms with van der Waals surface area (Å²) in [6.45, 7) is 2.03. The van der Waals surface area contributed by atoms with Crippen molar-refractivity contribution in [2.75, 3.05) is 5.32 Å². The highest BCUT2D eigenvalue weighted by Gasteiger charge is 2.43. The quantitative estimate of drug-likeness (QED) is 0.423. The summed E-state index contributed by atoms with van der Waals surface area (Å²) in [4.78, 5) is 13.1. The summed E-state index contributed by atoms with van der Waals surface area (Å²) in [5.74, 6) is 0. The van der Waals surface area contributed by atoms with Crippen LogP contribution in [0.1, 0.15) is 21.9 Å². The first-order valence-electron chi connectivity index (χ1n) is 9.57. The Labute approximate surface area is 174 Å². The Morgan fingerprint density at radius 3 is 2.14 bits per heavy atom. The Bertz CT molecular complexity index is 1000. The van der Waals surface area contributed by atoms with Gasteiger partial charge in [0.1, 0.15) is 11.3 Å². The molecule has 29 heavy (non-hydrogen) atoms. The molecule has 1 heterocycles. The summed E-state index contributed by atoms with van der Waals surface area (Å²) >= 11 is 1.57. The topological polar surface area (TPSA) is 55.2 Å². The normalized spacial score (nSPS) is 21.3. The minimum absolute atomic E-state index is 0.144.